The number of carbonyl (C=O) groups is 2. The highest BCUT2D eigenvalue weighted by molar-refractivity contribution is 8.18. The van der Waals surface area contributed by atoms with Crippen LogP contribution in [0.3, 0.4) is 0 Å². The van der Waals surface area contributed by atoms with Gasteiger partial charge in [-0.1, -0.05) is 47.1 Å². The topological polar surface area (TPSA) is 127 Å². The van der Waals surface area contributed by atoms with Gasteiger partial charge in [-0.2, -0.15) is 0 Å². The first kappa shape index (κ1) is 30.8. The molecule has 5 aromatic rings. The first-order valence-corrected chi connectivity index (χ1v) is 16.3. The summed E-state index contributed by atoms with van der Waals surface area (Å²) in [7, 11) is 0. The van der Waals surface area contributed by atoms with E-state index < -0.39 is 4.92 Å². The number of aromatic nitrogens is 1. The van der Waals surface area contributed by atoms with Gasteiger partial charge in [0.2, 0.25) is 0 Å². The summed E-state index contributed by atoms with van der Waals surface area (Å²) in [5, 5.41) is 19.1. The smallest absolute Gasteiger partial charge is 0.283 e. The number of fused-ring (bicyclic) bond motifs is 1. The van der Waals surface area contributed by atoms with E-state index >= 15 is 0 Å². The van der Waals surface area contributed by atoms with Crippen molar-refractivity contribution >= 4 is 108 Å². The van der Waals surface area contributed by atoms with E-state index in [0.29, 0.717) is 57.4 Å². The molecule has 0 atom stereocenters. The Kier molecular flexibility index (Phi) is 8.92. The maximum atomic E-state index is 12.6. The van der Waals surface area contributed by atoms with Crippen LogP contribution in [-0.2, 0) is 4.79 Å². The Labute approximate surface area is 278 Å². The van der Waals surface area contributed by atoms with Crippen molar-refractivity contribution in [2.75, 3.05) is 5.32 Å². The van der Waals surface area contributed by atoms with Gasteiger partial charge in [0.1, 0.15) is 0 Å². The predicted molar refractivity (Wildman–Crippen MR) is 183 cm³/mol. The number of rotatable bonds is 7. The van der Waals surface area contributed by atoms with Crippen molar-refractivity contribution in [3.05, 3.63) is 121 Å². The fourth-order valence-electron chi connectivity index (χ4n) is 4.24. The zero-order chi connectivity index (χ0) is 31.7. The van der Waals surface area contributed by atoms with E-state index in [9.17, 15) is 19.7 Å². The number of carbonyl (C=O) groups excluding carboxylic acids is 2. The number of nitro benzene ring substituents is 1. The highest BCUT2D eigenvalue weighted by Crippen LogP contribution is 2.40. The van der Waals surface area contributed by atoms with Crippen molar-refractivity contribution in [1.29, 1.82) is 0 Å². The average Bonchev–Trinajstić information content (AvgIpc) is 3.57. The summed E-state index contributed by atoms with van der Waals surface area (Å²) < 4.78 is 1.41. The second kappa shape index (κ2) is 13.0. The number of thioether (sulfide) groups is 1. The number of thiazole rings is 1. The minimum atomic E-state index is -0.460. The number of aliphatic imine (C=N–C) groups is 1. The summed E-state index contributed by atoms with van der Waals surface area (Å²) in [6.07, 6.45) is 1.59. The molecule has 224 valence electrons. The van der Waals surface area contributed by atoms with E-state index in [2.05, 4.69) is 20.6 Å². The number of hydrogen-bond donors (Lipinski definition) is 2. The Balaban J connectivity index is 1.19. The Morgan fingerprint density at radius 3 is 2.67 bits per heavy atom. The zero-order valence-electron chi connectivity index (χ0n) is 23.0. The molecule has 6 rings (SSSR count). The highest BCUT2D eigenvalue weighted by atomic mass is 35.5. The van der Waals surface area contributed by atoms with Crippen molar-refractivity contribution < 1.29 is 14.5 Å². The van der Waals surface area contributed by atoms with Crippen molar-refractivity contribution in [3.8, 4) is 0 Å². The number of anilines is 1. The van der Waals surface area contributed by atoms with Crippen molar-refractivity contribution in [2.45, 2.75) is 16.2 Å². The molecule has 0 unspecified atom stereocenters. The van der Waals surface area contributed by atoms with Crippen LogP contribution >= 0.6 is 58.1 Å². The maximum Gasteiger partial charge on any atom is 0.283 e. The lowest BCUT2D eigenvalue weighted by molar-refractivity contribution is -0.387. The lowest BCUT2D eigenvalue weighted by Gasteiger charge is -2.05. The van der Waals surface area contributed by atoms with E-state index in [4.69, 9.17) is 23.2 Å². The Morgan fingerprint density at radius 2 is 1.89 bits per heavy atom. The number of benzene rings is 4. The second-order valence-electron chi connectivity index (χ2n) is 9.58. The van der Waals surface area contributed by atoms with Gasteiger partial charge in [0.15, 0.2) is 9.51 Å². The Hall–Kier alpha value is -4.20. The third-order valence-electron chi connectivity index (χ3n) is 6.52. The maximum absolute atomic E-state index is 12.6. The van der Waals surface area contributed by atoms with E-state index in [0.717, 1.165) is 22.0 Å². The van der Waals surface area contributed by atoms with Gasteiger partial charge in [-0.15, -0.1) is 11.3 Å². The van der Waals surface area contributed by atoms with Crippen LogP contribution in [0.4, 0.5) is 17.1 Å². The molecule has 0 radical (unpaired) electrons. The SMILES string of the molecule is Cc1c(Cl)cccc1N=C1NC(=O)/C(=C/c2ccc(Sc3nc4ccc(NC(=O)c5ccc(Cl)cc5)cc4s3)c([N+](=O)[O-])c2)S1. The summed E-state index contributed by atoms with van der Waals surface area (Å²) in [6, 6.07) is 22.0. The molecule has 4 aromatic carbocycles. The minimum Gasteiger partial charge on any atom is -0.322 e. The molecule has 1 aromatic heterocycles. The average molecular weight is 693 g/mol. The number of nitro groups is 1. The molecule has 0 aliphatic carbocycles. The third-order valence-corrected chi connectivity index (χ3v) is 10.2. The third kappa shape index (κ3) is 7.05. The Bertz CT molecular complexity index is 2080. The molecule has 0 saturated carbocycles. The van der Waals surface area contributed by atoms with Crippen LogP contribution in [0.2, 0.25) is 10.0 Å². The molecule has 1 fully saturated rings. The zero-order valence-corrected chi connectivity index (χ0v) is 27.0. The van der Waals surface area contributed by atoms with Crippen LogP contribution < -0.4 is 10.6 Å². The summed E-state index contributed by atoms with van der Waals surface area (Å²) >= 11 is 15.8. The van der Waals surface area contributed by atoms with Crippen LogP contribution in [0.15, 0.2) is 98.0 Å². The molecule has 1 aliphatic heterocycles. The van der Waals surface area contributed by atoms with Gasteiger partial charge < -0.3 is 10.6 Å². The minimum absolute atomic E-state index is 0.114. The molecular weight excluding hydrogens is 673 g/mol. The number of amides is 2. The highest BCUT2D eigenvalue weighted by Gasteiger charge is 2.25. The molecule has 1 saturated heterocycles. The first-order chi connectivity index (χ1) is 21.6. The molecule has 0 spiro atoms. The lowest BCUT2D eigenvalue weighted by Crippen LogP contribution is -2.19. The molecule has 14 heteroatoms. The van der Waals surface area contributed by atoms with Gasteiger partial charge in [0.25, 0.3) is 17.5 Å². The number of amidine groups is 1. The van der Waals surface area contributed by atoms with Gasteiger partial charge in [0, 0.05) is 27.4 Å². The lowest BCUT2D eigenvalue weighted by atomic mass is 10.2. The monoisotopic (exact) mass is 691 g/mol. The van der Waals surface area contributed by atoms with Crippen LogP contribution in [-0.4, -0.2) is 26.9 Å². The van der Waals surface area contributed by atoms with Crippen molar-refractivity contribution in [1.82, 2.24) is 10.3 Å². The second-order valence-corrected chi connectivity index (χ2v) is 13.8. The molecule has 1 aliphatic rings. The van der Waals surface area contributed by atoms with Gasteiger partial charge in [-0.3, -0.25) is 19.7 Å². The van der Waals surface area contributed by atoms with E-state index in [1.807, 2.05) is 13.0 Å². The molecule has 2 amide bonds. The van der Waals surface area contributed by atoms with E-state index in [1.165, 1.54) is 29.2 Å². The van der Waals surface area contributed by atoms with Crippen LogP contribution in [0.25, 0.3) is 16.3 Å². The summed E-state index contributed by atoms with van der Waals surface area (Å²) in [4.78, 5) is 46.7. The number of nitrogens with one attached hydrogen (secondary N) is 2. The molecular formula is C31H19Cl2N5O4S3. The van der Waals surface area contributed by atoms with Crippen molar-refractivity contribution in [3.63, 3.8) is 0 Å². The normalized spacial score (nSPS) is 14.7. The van der Waals surface area contributed by atoms with E-state index in [1.54, 1.807) is 72.8 Å². The van der Waals surface area contributed by atoms with Crippen LogP contribution in [0.5, 0.6) is 0 Å². The van der Waals surface area contributed by atoms with Gasteiger partial charge >= 0.3 is 0 Å². The Morgan fingerprint density at radius 1 is 1.09 bits per heavy atom. The number of nitrogens with zero attached hydrogens (tertiary/aromatic N) is 3. The number of hydrogen-bond acceptors (Lipinski definition) is 9. The standard InChI is InChI=1S/C31H19Cl2N5O4S3/c1-16-21(33)3-2-4-22(16)35-30-37-29(40)27(43-30)14-17-5-12-25(24(13-17)38(41)42)44-31-36-23-11-10-20(15-26(23)45-31)34-28(39)18-6-8-19(32)9-7-18/h2-15H,1H3,(H,34,39)(H,35,37,40)/b27-14-. The molecule has 2 N–H and O–H groups in total. The predicted octanol–water partition coefficient (Wildman–Crippen LogP) is 9.11. The molecule has 0 bridgehead atoms. The van der Waals surface area contributed by atoms with Gasteiger partial charge in [-0.25, -0.2) is 9.98 Å². The van der Waals surface area contributed by atoms with Crippen LogP contribution in [0.1, 0.15) is 21.5 Å². The number of halogens is 2. The van der Waals surface area contributed by atoms with Gasteiger partial charge in [0.05, 0.1) is 30.6 Å². The fourth-order valence-corrected chi connectivity index (χ4v) is 7.51. The summed E-state index contributed by atoms with van der Waals surface area (Å²) in [5.74, 6) is -0.623. The van der Waals surface area contributed by atoms with E-state index in [-0.39, 0.29) is 17.5 Å². The quantitative estimate of drug-likeness (QED) is 0.0990. The molecule has 2 heterocycles. The summed E-state index contributed by atoms with van der Waals surface area (Å²) in [5.41, 5.74) is 3.57. The molecule has 9 nitrogen and oxygen atoms in total. The largest absolute Gasteiger partial charge is 0.322 e. The summed E-state index contributed by atoms with van der Waals surface area (Å²) in [6.45, 7) is 1.84. The van der Waals surface area contributed by atoms with Crippen molar-refractivity contribution in [2.24, 2.45) is 4.99 Å². The van der Waals surface area contributed by atoms with Gasteiger partial charge in [-0.05, 0) is 96.6 Å². The van der Waals surface area contributed by atoms with Crippen LogP contribution in [0, 0.1) is 17.0 Å². The fraction of sp³-hybridized carbons (Fsp3) is 0.0323. The first-order valence-electron chi connectivity index (χ1n) is 13.1. The molecule has 45 heavy (non-hydrogen) atoms.